The fourth-order valence-corrected chi connectivity index (χ4v) is 2.34. The Kier molecular flexibility index (Phi) is 3.21. The summed E-state index contributed by atoms with van der Waals surface area (Å²) in [7, 11) is 0. The van der Waals surface area contributed by atoms with E-state index in [1.807, 2.05) is 6.07 Å². The first-order chi connectivity index (χ1) is 9.43. The minimum absolute atomic E-state index is 0.379. The van der Waals surface area contributed by atoms with Gasteiger partial charge in [0, 0.05) is 11.6 Å². The van der Waals surface area contributed by atoms with E-state index in [1.54, 1.807) is 6.07 Å². The van der Waals surface area contributed by atoms with Gasteiger partial charge in [-0.1, -0.05) is 23.7 Å². The van der Waals surface area contributed by atoms with Crippen LogP contribution in [0.3, 0.4) is 0 Å². The van der Waals surface area contributed by atoms with Crippen LogP contribution in [0.2, 0.25) is 5.15 Å². The lowest BCUT2D eigenvalue weighted by atomic mass is 10.0. The van der Waals surface area contributed by atoms with Crippen LogP contribution in [0.4, 0.5) is 13.2 Å². The van der Waals surface area contributed by atoms with E-state index < -0.39 is 11.7 Å². The number of benzene rings is 1. The van der Waals surface area contributed by atoms with Gasteiger partial charge in [0.25, 0.3) is 0 Å². The summed E-state index contributed by atoms with van der Waals surface area (Å²) in [6.45, 7) is 0. The second-order valence-electron chi connectivity index (χ2n) is 4.95. The van der Waals surface area contributed by atoms with Crippen molar-refractivity contribution in [2.24, 2.45) is 0 Å². The largest absolute Gasteiger partial charge is 0.416 e. The normalized spacial score (nSPS) is 15.4. The van der Waals surface area contributed by atoms with Crippen LogP contribution >= 0.6 is 11.6 Å². The molecule has 0 atom stereocenters. The fraction of sp³-hybridized carbons (Fsp3) is 0.267. The molecule has 0 unspecified atom stereocenters. The molecule has 1 fully saturated rings. The number of alkyl halides is 3. The molecule has 0 N–H and O–H groups in total. The molecular formula is C15H11ClF3N. The molecule has 0 spiro atoms. The van der Waals surface area contributed by atoms with E-state index in [0.29, 0.717) is 16.6 Å². The van der Waals surface area contributed by atoms with Gasteiger partial charge < -0.3 is 0 Å². The highest BCUT2D eigenvalue weighted by atomic mass is 35.5. The lowest BCUT2D eigenvalue weighted by Gasteiger charge is -2.09. The molecule has 3 rings (SSSR count). The van der Waals surface area contributed by atoms with Crippen LogP contribution in [0, 0.1) is 0 Å². The molecule has 1 aliphatic carbocycles. The average molecular weight is 298 g/mol. The first-order valence-electron chi connectivity index (χ1n) is 6.28. The van der Waals surface area contributed by atoms with Crippen molar-refractivity contribution in [3.8, 4) is 11.1 Å². The molecule has 1 aromatic heterocycles. The van der Waals surface area contributed by atoms with Crippen LogP contribution < -0.4 is 0 Å². The SMILES string of the molecule is FC(F)(F)c1ccc(-c2cc(Cl)nc(C3CC3)c2)cc1. The van der Waals surface area contributed by atoms with Gasteiger partial charge in [0.05, 0.1) is 5.56 Å². The highest BCUT2D eigenvalue weighted by Crippen LogP contribution is 2.41. The summed E-state index contributed by atoms with van der Waals surface area (Å²) in [5.41, 5.74) is 1.79. The number of nitrogens with zero attached hydrogens (tertiary/aromatic N) is 1. The highest BCUT2D eigenvalue weighted by molar-refractivity contribution is 6.29. The van der Waals surface area contributed by atoms with Crippen molar-refractivity contribution in [1.29, 1.82) is 0 Å². The number of aromatic nitrogens is 1. The van der Waals surface area contributed by atoms with Crippen LogP contribution in [-0.2, 0) is 6.18 Å². The number of pyridine rings is 1. The lowest BCUT2D eigenvalue weighted by molar-refractivity contribution is -0.137. The topological polar surface area (TPSA) is 12.9 Å². The Morgan fingerprint density at radius 1 is 1.00 bits per heavy atom. The molecule has 1 saturated carbocycles. The van der Waals surface area contributed by atoms with E-state index in [2.05, 4.69) is 4.98 Å². The van der Waals surface area contributed by atoms with Gasteiger partial charge in [-0.25, -0.2) is 4.98 Å². The van der Waals surface area contributed by atoms with Crippen molar-refractivity contribution in [3.05, 3.63) is 52.8 Å². The molecule has 1 nitrogen and oxygen atoms in total. The van der Waals surface area contributed by atoms with Crippen LogP contribution in [0.5, 0.6) is 0 Å². The Hall–Kier alpha value is -1.55. The summed E-state index contributed by atoms with van der Waals surface area (Å²) in [6.07, 6.45) is -2.12. The monoisotopic (exact) mass is 297 g/mol. The molecule has 0 saturated heterocycles. The minimum Gasteiger partial charge on any atom is -0.241 e. The molecule has 1 aliphatic rings. The highest BCUT2D eigenvalue weighted by Gasteiger charge is 2.30. The molecule has 20 heavy (non-hydrogen) atoms. The van der Waals surface area contributed by atoms with Crippen molar-refractivity contribution in [2.45, 2.75) is 24.9 Å². The lowest BCUT2D eigenvalue weighted by Crippen LogP contribution is -2.04. The summed E-state index contributed by atoms with van der Waals surface area (Å²) in [4.78, 5) is 4.26. The summed E-state index contributed by atoms with van der Waals surface area (Å²) in [5.74, 6) is 0.446. The molecule has 2 aromatic rings. The Morgan fingerprint density at radius 3 is 2.20 bits per heavy atom. The smallest absolute Gasteiger partial charge is 0.241 e. The first-order valence-corrected chi connectivity index (χ1v) is 6.66. The Balaban J connectivity index is 1.96. The van der Waals surface area contributed by atoms with Gasteiger partial charge >= 0.3 is 6.18 Å². The zero-order valence-electron chi connectivity index (χ0n) is 10.4. The Labute approximate surface area is 119 Å². The average Bonchev–Trinajstić information content (AvgIpc) is 3.21. The number of hydrogen-bond acceptors (Lipinski definition) is 1. The Morgan fingerprint density at radius 2 is 1.65 bits per heavy atom. The molecule has 0 bridgehead atoms. The van der Waals surface area contributed by atoms with E-state index >= 15 is 0 Å². The maximum absolute atomic E-state index is 12.5. The third-order valence-corrected chi connectivity index (χ3v) is 3.55. The summed E-state index contributed by atoms with van der Waals surface area (Å²) in [6, 6.07) is 8.68. The number of hydrogen-bond donors (Lipinski definition) is 0. The minimum atomic E-state index is -4.31. The maximum Gasteiger partial charge on any atom is 0.416 e. The maximum atomic E-state index is 12.5. The first kappa shape index (κ1) is 13.4. The summed E-state index contributed by atoms with van der Waals surface area (Å²) >= 11 is 5.98. The molecule has 0 radical (unpaired) electrons. The molecule has 104 valence electrons. The predicted molar refractivity (Wildman–Crippen MR) is 71.7 cm³/mol. The molecule has 1 aromatic carbocycles. The molecular weight excluding hydrogens is 287 g/mol. The van der Waals surface area contributed by atoms with E-state index in [0.717, 1.165) is 36.2 Å². The van der Waals surface area contributed by atoms with Crippen molar-refractivity contribution < 1.29 is 13.2 Å². The summed E-state index contributed by atoms with van der Waals surface area (Å²) < 4.78 is 37.6. The molecule has 1 heterocycles. The molecule has 5 heteroatoms. The van der Waals surface area contributed by atoms with Crippen LogP contribution in [-0.4, -0.2) is 4.98 Å². The van der Waals surface area contributed by atoms with E-state index in [1.165, 1.54) is 12.1 Å². The third-order valence-electron chi connectivity index (χ3n) is 3.36. The number of rotatable bonds is 2. The van der Waals surface area contributed by atoms with E-state index in [-0.39, 0.29) is 0 Å². The van der Waals surface area contributed by atoms with Gasteiger partial charge in [-0.15, -0.1) is 0 Å². The van der Waals surface area contributed by atoms with Gasteiger partial charge in [-0.05, 0) is 48.2 Å². The summed E-state index contributed by atoms with van der Waals surface area (Å²) in [5, 5.41) is 0.379. The van der Waals surface area contributed by atoms with Crippen molar-refractivity contribution >= 4 is 11.6 Å². The van der Waals surface area contributed by atoms with Crippen LogP contribution in [0.1, 0.15) is 30.0 Å². The zero-order valence-corrected chi connectivity index (χ0v) is 11.2. The van der Waals surface area contributed by atoms with Gasteiger partial charge in [0.1, 0.15) is 5.15 Å². The standard InChI is InChI=1S/C15H11ClF3N/c16-14-8-11(7-13(20-14)10-1-2-10)9-3-5-12(6-4-9)15(17,18)19/h3-8,10H,1-2H2. The van der Waals surface area contributed by atoms with Gasteiger partial charge in [0.2, 0.25) is 0 Å². The number of halogens is 4. The van der Waals surface area contributed by atoms with Gasteiger partial charge in [0.15, 0.2) is 0 Å². The zero-order chi connectivity index (χ0) is 14.3. The van der Waals surface area contributed by atoms with Gasteiger partial charge in [-0.2, -0.15) is 13.2 Å². The second kappa shape index (κ2) is 4.77. The second-order valence-corrected chi connectivity index (χ2v) is 5.34. The molecule has 0 amide bonds. The molecule has 0 aliphatic heterocycles. The predicted octanol–water partition coefficient (Wildman–Crippen LogP) is 5.30. The van der Waals surface area contributed by atoms with Gasteiger partial charge in [-0.3, -0.25) is 0 Å². The van der Waals surface area contributed by atoms with Crippen LogP contribution in [0.15, 0.2) is 36.4 Å². The van der Waals surface area contributed by atoms with Crippen molar-refractivity contribution in [3.63, 3.8) is 0 Å². The fourth-order valence-electron chi connectivity index (χ4n) is 2.12. The van der Waals surface area contributed by atoms with Crippen molar-refractivity contribution in [1.82, 2.24) is 4.98 Å². The third kappa shape index (κ3) is 2.80. The van der Waals surface area contributed by atoms with E-state index in [4.69, 9.17) is 11.6 Å². The van der Waals surface area contributed by atoms with E-state index in [9.17, 15) is 13.2 Å². The Bertz CT molecular complexity index is 631. The van der Waals surface area contributed by atoms with Crippen LogP contribution in [0.25, 0.3) is 11.1 Å². The quantitative estimate of drug-likeness (QED) is 0.686. The van der Waals surface area contributed by atoms with Crippen molar-refractivity contribution in [2.75, 3.05) is 0 Å².